The van der Waals surface area contributed by atoms with Crippen LogP contribution in [0.5, 0.6) is 0 Å². The Morgan fingerprint density at radius 2 is 1.77 bits per heavy atom. The van der Waals surface area contributed by atoms with Crippen LogP contribution in [0.3, 0.4) is 0 Å². The highest BCUT2D eigenvalue weighted by atomic mass is 19.1. The lowest BCUT2D eigenvalue weighted by atomic mass is 9.69. The number of amidine groups is 1. The maximum atomic E-state index is 14.3. The molecule has 9 nitrogen and oxygen atoms in total. The number of rotatable bonds is 11. The van der Waals surface area contributed by atoms with Gasteiger partial charge >= 0.3 is 0 Å². The Bertz CT molecular complexity index is 1400. The van der Waals surface area contributed by atoms with Gasteiger partial charge in [-0.25, -0.2) is 8.78 Å². The van der Waals surface area contributed by atoms with Crippen LogP contribution in [0.15, 0.2) is 57.8 Å². The van der Waals surface area contributed by atoms with E-state index in [0.717, 1.165) is 43.7 Å². The van der Waals surface area contributed by atoms with Crippen LogP contribution < -0.4 is 11.1 Å². The van der Waals surface area contributed by atoms with Crippen LogP contribution in [0.2, 0.25) is 0 Å². The van der Waals surface area contributed by atoms with Crippen molar-refractivity contribution in [2.45, 2.75) is 90.8 Å². The molecule has 0 bridgehead atoms. The minimum Gasteiger partial charge on any atom is -0.384 e. The third kappa shape index (κ3) is 7.36. The first kappa shape index (κ1) is 32.9. The molecule has 2 aliphatic rings. The van der Waals surface area contributed by atoms with Gasteiger partial charge in [-0.15, -0.1) is 5.10 Å². The summed E-state index contributed by atoms with van der Waals surface area (Å²) in [5.41, 5.74) is 13.1. The van der Waals surface area contributed by atoms with Crippen molar-refractivity contribution in [1.29, 1.82) is 5.53 Å². The van der Waals surface area contributed by atoms with Gasteiger partial charge in [-0.1, -0.05) is 64.3 Å². The summed E-state index contributed by atoms with van der Waals surface area (Å²) in [4.78, 5) is 34.0. The van der Waals surface area contributed by atoms with Crippen molar-refractivity contribution >= 4 is 23.4 Å². The lowest BCUT2D eigenvalue weighted by molar-refractivity contribution is -0.133. The third-order valence-corrected chi connectivity index (χ3v) is 8.90. The fourth-order valence-electron chi connectivity index (χ4n) is 6.48. The summed E-state index contributed by atoms with van der Waals surface area (Å²) in [6, 6.07) is 9.90. The summed E-state index contributed by atoms with van der Waals surface area (Å²) in [6.45, 7) is 8.76. The summed E-state index contributed by atoms with van der Waals surface area (Å²) in [6.07, 6.45) is 6.60. The van der Waals surface area contributed by atoms with Gasteiger partial charge in [0, 0.05) is 17.2 Å². The summed E-state index contributed by atoms with van der Waals surface area (Å²) in [5, 5.41) is 8.90. The van der Waals surface area contributed by atoms with Crippen molar-refractivity contribution in [1.82, 2.24) is 10.2 Å². The minimum atomic E-state index is -0.830. The molecule has 1 spiro atoms. The number of carbonyl (C=O) groups is 2. The van der Waals surface area contributed by atoms with E-state index in [2.05, 4.69) is 43.3 Å². The highest BCUT2D eigenvalue weighted by molar-refractivity contribution is 6.46. The van der Waals surface area contributed by atoms with Crippen LogP contribution in [-0.2, 0) is 4.79 Å². The number of hydrogen-bond donors (Lipinski definition) is 3. The average Bonchev–Trinajstić information content (AvgIpc) is 3.24. The molecule has 11 heteroatoms. The van der Waals surface area contributed by atoms with Gasteiger partial charge in [-0.2, -0.15) is 5.53 Å². The minimum absolute atomic E-state index is 0.00830. The Balaban J connectivity index is 1.71. The van der Waals surface area contributed by atoms with Crippen molar-refractivity contribution < 1.29 is 18.4 Å². The Hall–Kier alpha value is -4.02. The zero-order valence-corrected chi connectivity index (χ0v) is 26.0. The molecule has 4 N–H and O–H groups in total. The highest BCUT2D eigenvalue weighted by Crippen LogP contribution is 2.50. The van der Waals surface area contributed by atoms with Gasteiger partial charge in [0.25, 0.3) is 11.8 Å². The van der Waals surface area contributed by atoms with Gasteiger partial charge in [0.1, 0.15) is 28.8 Å². The number of halogens is 2. The normalized spacial score (nSPS) is 21.4. The van der Waals surface area contributed by atoms with E-state index in [1.807, 2.05) is 17.0 Å². The van der Waals surface area contributed by atoms with Crippen LogP contribution >= 0.6 is 0 Å². The number of aliphatic imine (C=N–C) groups is 1. The van der Waals surface area contributed by atoms with E-state index in [0.29, 0.717) is 30.7 Å². The Labute approximate surface area is 257 Å². The number of hydrogen-bond acceptors (Lipinski definition) is 5. The fraction of sp³-hybridized carbons (Fsp3) is 0.515. The van der Waals surface area contributed by atoms with E-state index in [9.17, 15) is 18.4 Å². The van der Waals surface area contributed by atoms with Crippen molar-refractivity contribution in [3.63, 3.8) is 0 Å². The molecule has 0 unspecified atom stereocenters. The number of nitrogens with two attached hydrogens (primary N) is 1. The van der Waals surface area contributed by atoms with Gasteiger partial charge in [0.05, 0.1) is 12.6 Å². The predicted molar refractivity (Wildman–Crippen MR) is 166 cm³/mol. The van der Waals surface area contributed by atoms with Gasteiger partial charge in [-0.05, 0) is 73.3 Å². The Kier molecular flexibility index (Phi) is 10.3. The van der Waals surface area contributed by atoms with E-state index in [4.69, 9.17) is 16.3 Å². The van der Waals surface area contributed by atoms with Crippen molar-refractivity contribution in [2.75, 3.05) is 6.54 Å². The monoisotopic (exact) mass is 607 g/mol. The Morgan fingerprint density at radius 1 is 1.14 bits per heavy atom. The molecule has 2 aromatic carbocycles. The smallest absolute Gasteiger partial charge is 0.275 e. The van der Waals surface area contributed by atoms with Crippen LogP contribution in [0.25, 0.3) is 0 Å². The van der Waals surface area contributed by atoms with E-state index in [-0.39, 0.29) is 46.9 Å². The molecule has 1 aliphatic carbocycles. The standard InChI is InChI=1S/C33H43F2N7O2/c1-5-6-7-8-27(21-9-11-22(12-10-21)30(43)38-20-28(36)40-41-37)42-31(44)29(23-17-25(34)19-26(35)18-23)39-33(42)15-13-24(14-16-33)32(2,3)4/h9-12,17-19,24,27H,5-8,13-16,20H2,1-4H3,(H,38,43)(H3,36,37,40)/t24?,27-,33?/m1/s1. The maximum Gasteiger partial charge on any atom is 0.275 e. The van der Waals surface area contributed by atoms with Crippen LogP contribution in [-0.4, -0.2) is 40.5 Å². The SMILES string of the molecule is CCCCC[C@H](c1ccc(C(=O)NC/C(N)=N/N=N)cc1)N1C(=O)C(c2cc(F)cc(F)c2)=NC12CCC(C(C)(C)C)CC2. The molecule has 1 heterocycles. The first-order valence-corrected chi connectivity index (χ1v) is 15.4. The molecule has 1 fully saturated rings. The quantitative estimate of drug-likeness (QED) is 0.0844. The molecule has 236 valence electrons. The second-order valence-corrected chi connectivity index (χ2v) is 12.9. The number of benzene rings is 2. The molecule has 2 aromatic rings. The molecule has 0 saturated heterocycles. The topological polar surface area (TPSA) is 136 Å². The zero-order valence-electron chi connectivity index (χ0n) is 26.0. The van der Waals surface area contributed by atoms with Gasteiger partial charge in [-0.3, -0.25) is 14.6 Å². The molecular formula is C33H43F2N7O2. The highest BCUT2D eigenvalue weighted by Gasteiger charge is 2.52. The molecular weight excluding hydrogens is 564 g/mol. The molecule has 44 heavy (non-hydrogen) atoms. The van der Waals surface area contributed by atoms with E-state index in [1.165, 1.54) is 12.1 Å². The molecule has 1 saturated carbocycles. The first-order valence-electron chi connectivity index (χ1n) is 15.4. The van der Waals surface area contributed by atoms with E-state index < -0.39 is 17.3 Å². The molecule has 4 rings (SSSR count). The zero-order chi connectivity index (χ0) is 32.1. The van der Waals surface area contributed by atoms with Crippen LogP contribution in [0, 0.1) is 28.5 Å². The summed E-state index contributed by atoms with van der Waals surface area (Å²) < 4.78 is 28.6. The number of carbonyl (C=O) groups excluding carboxylic acids is 2. The number of amides is 2. The molecule has 1 atom stereocenters. The first-order chi connectivity index (χ1) is 20.9. The summed E-state index contributed by atoms with van der Waals surface area (Å²) in [5.74, 6) is -1.74. The van der Waals surface area contributed by atoms with E-state index >= 15 is 0 Å². The lowest BCUT2D eigenvalue weighted by Gasteiger charge is -2.47. The van der Waals surface area contributed by atoms with Crippen molar-refractivity contribution in [3.05, 3.63) is 70.8 Å². The van der Waals surface area contributed by atoms with Crippen LogP contribution in [0.4, 0.5) is 8.78 Å². The van der Waals surface area contributed by atoms with Gasteiger partial charge in [0.2, 0.25) is 0 Å². The maximum absolute atomic E-state index is 14.3. The number of nitrogens with one attached hydrogen (secondary N) is 2. The average molecular weight is 608 g/mol. The van der Waals surface area contributed by atoms with Gasteiger partial charge in [0.15, 0.2) is 0 Å². The van der Waals surface area contributed by atoms with Gasteiger partial charge < -0.3 is 16.0 Å². The molecule has 0 aromatic heterocycles. The predicted octanol–water partition coefficient (Wildman–Crippen LogP) is 6.88. The van der Waals surface area contributed by atoms with Crippen LogP contribution in [0.1, 0.15) is 107 Å². The summed E-state index contributed by atoms with van der Waals surface area (Å²) >= 11 is 0. The summed E-state index contributed by atoms with van der Waals surface area (Å²) in [7, 11) is 0. The number of unbranched alkanes of at least 4 members (excludes halogenated alkanes) is 2. The molecule has 2 amide bonds. The molecule has 1 aliphatic heterocycles. The largest absolute Gasteiger partial charge is 0.384 e. The van der Waals surface area contributed by atoms with Crippen molar-refractivity contribution in [3.8, 4) is 0 Å². The lowest BCUT2D eigenvalue weighted by Crippen LogP contribution is -2.51. The van der Waals surface area contributed by atoms with Crippen molar-refractivity contribution in [2.24, 2.45) is 32.4 Å². The number of nitrogens with zero attached hydrogens (tertiary/aromatic N) is 4. The second kappa shape index (κ2) is 13.7. The third-order valence-electron chi connectivity index (χ3n) is 8.90. The fourth-order valence-corrected chi connectivity index (χ4v) is 6.48. The molecule has 0 radical (unpaired) electrons. The van der Waals surface area contributed by atoms with E-state index in [1.54, 1.807) is 12.1 Å². The Morgan fingerprint density at radius 3 is 2.34 bits per heavy atom. The second-order valence-electron chi connectivity index (χ2n) is 12.9.